The fraction of sp³-hybridized carbons (Fsp3) is 0.500. The second-order valence-corrected chi connectivity index (χ2v) is 6.43. The zero-order valence-corrected chi connectivity index (χ0v) is 12.4. The number of hydrogen-bond acceptors (Lipinski definition) is 5. The maximum atomic E-state index is 12.2. The number of hydrogen-bond donors (Lipinski definition) is 1. The zero-order valence-electron chi connectivity index (χ0n) is 11.5. The highest BCUT2D eigenvalue weighted by Crippen LogP contribution is 2.31. The van der Waals surface area contributed by atoms with Gasteiger partial charge in [-0.1, -0.05) is 0 Å². The number of fused-ring (bicyclic) bond motifs is 1. The molecule has 2 aromatic rings. The van der Waals surface area contributed by atoms with E-state index in [0.29, 0.717) is 10.7 Å². The fourth-order valence-corrected chi connectivity index (χ4v) is 3.71. The van der Waals surface area contributed by atoms with Crippen molar-refractivity contribution in [3.63, 3.8) is 0 Å². The van der Waals surface area contributed by atoms with Crippen molar-refractivity contribution < 1.29 is 9.53 Å². The molecule has 1 N–H and O–H groups in total. The van der Waals surface area contributed by atoms with E-state index in [-0.39, 0.29) is 12.0 Å². The quantitative estimate of drug-likeness (QED) is 0.945. The molecule has 110 valence electrons. The zero-order chi connectivity index (χ0) is 14.2. The predicted molar refractivity (Wildman–Crippen MR) is 78.5 cm³/mol. The van der Waals surface area contributed by atoms with Crippen molar-refractivity contribution in [2.45, 2.75) is 38.3 Å². The predicted octanol–water partition coefficient (Wildman–Crippen LogP) is 2.39. The van der Waals surface area contributed by atoms with E-state index in [0.717, 1.165) is 43.8 Å². The number of ether oxygens (including phenoxy) is 1. The summed E-state index contributed by atoms with van der Waals surface area (Å²) >= 11 is 1.41. The number of anilines is 1. The van der Waals surface area contributed by atoms with E-state index in [1.165, 1.54) is 17.0 Å². The monoisotopic (exact) mass is 304 g/mol. The van der Waals surface area contributed by atoms with Crippen LogP contribution in [0.25, 0.3) is 0 Å². The van der Waals surface area contributed by atoms with Gasteiger partial charge < -0.3 is 10.1 Å². The molecule has 2 aromatic heterocycles. The van der Waals surface area contributed by atoms with E-state index in [1.807, 2.05) is 10.7 Å². The number of amides is 1. The second kappa shape index (κ2) is 5.23. The van der Waals surface area contributed by atoms with Gasteiger partial charge in [0.15, 0.2) is 5.82 Å². The Kier molecular flexibility index (Phi) is 3.23. The van der Waals surface area contributed by atoms with Crippen LogP contribution in [0.3, 0.4) is 0 Å². The summed E-state index contributed by atoms with van der Waals surface area (Å²) in [5, 5.41) is 8.13. The number of carbonyl (C=O) groups is 1. The Balaban J connectivity index is 1.46. The molecule has 1 saturated heterocycles. The molecule has 21 heavy (non-hydrogen) atoms. The number of nitrogens with one attached hydrogen (secondary N) is 1. The lowest BCUT2D eigenvalue weighted by Gasteiger charge is -2.03. The maximum absolute atomic E-state index is 12.2. The molecular formula is C14H16N4O2S. The summed E-state index contributed by atoms with van der Waals surface area (Å²) in [6.07, 6.45) is 5.91. The third kappa shape index (κ3) is 2.47. The number of aryl methyl sites for hydroxylation is 2. The first-order valence-electron chi connectivity index (χ1n) is 7.25. The van der Waals surface area contributed by atoms with Crippen LogP contribution in [0.2, 0.25) is 0 Å². The van der Waals surface area contributed by atoms with Crippen molar-refractivity contribution in [2.24, 2.45) is 0 Å². The van der Waals surface area contributed by atoms with E-state index in [1.54, 1.807) is 6.20 Å². The second-order valence-electron chi connectivity index (χ2n) is 5.37. The molecule has 7 heteroatoms. The Morgan fingerprint density at radius 3 is 3.24 bits per heavy atom. The van der Waals surface area contributed by atoms with Crippen molar-refractivity contribution in [3.05, 3.63) is 27.8 Å². The summed E-state index contributed by atoms with van der Waals surface area (Å²) in [7, 11) is 0. The van der Waals surface area contributed by atoms with Crippen molar-refractivity contribution in [2.75, 3.05) is 11.9 Å². The standard InChI is InChI=1S/C14H16N4O2S/c19-13(16-12-7-9-3-1-5-18(9)17-12)11-8-15-14(21-11)10-4-2-6-20-10/h7-8,10H,1-6H2,(H,16,17,19). The van der Waals surface area contributed by atoms with E-state index < -0.39 is 0 Å². The van der Waals surface area contributed by atoms with Gasteiger partial charge in [-0.05, 0) is 25.7 Å². The molecule has 0 saturated carbocycles. The highest BCUT2D eigenvalue weighted by molar-refractivity contribution is 7.13. The Bertz CT molecular complexity index is 651. The van der Waals surface area contributed by atoms with Crippen molar-refractivity contribution in [3.8, 4) is 0 Å². The van der Waals surface area contributed by atoms with Crippen LogP contribution in [0.15, 0.2) is 12.3 Å². The highest BCUT2D eigenvalue weighted by atomic mass is 32.1. The first kappa shape index (κ1) is 13.0. The Morgan fingerprint density at radius 1 is 1.48 bits per heavy atom. The van der Waals surface area contributed by atoms with E-state index in [9.17, 15) is 4.79 Å². The first-order chi connectivity index (χ1) is 10.3. The molecule has 4 heterocycles. The van der Waals surface area contributed by atoms with Gasteiger partial charge in [0.05, 0.1) is 6.20 Å². The van der Waals surface area contributed by atoms with Gasteiger partial charge in [-0.2, -0.15) is 5.10 Å². The summed E-state index contributed by atoms with van der Waals surface area (Å²) in [6, 6.07) is 1.95. The summed E-state index contributed by atoms with van der Waals surface area (Å²) in [5.74, 6) is 0.482. The Hall–Kier alpha value is -1.73. The van der Waals surface area contributed by atoms with Gasteiger partial charge >= 0.3 is 0 Å². The minimum Gasteiger partial charge on any atom is -0.371 e. The third-order valence-corrected chi connectivity index (χ3v) is 4.95. The van der Waals surface area contributed by atoms with Gasteiger partial charge in [-0.25, -0.2) is 4.98 Å². The molecule has 1 fully saturated rings. The summed E-state index contributed by atoms with van der Waals surface area (Å²) in [5.41, 5.74) is 1.19. The number of nitrogens with zero attached hydrogens (tertiary/aromatic N) is 3. The lowest BCUT2D eigenvalue weighted by atomic mass is 10.2. The molecule has 2 aliphatic rings. The molecule has 4 rings (SSSR count). The van der Waals surface area contributed by atoms with E-state index in [2.05, 4.69) is 15.4 Å². The van der Waals surface area contributed by atoms with Crippen LogP contribution in [0, 0.1) is 0 Å². The molecule has 6 nitrogen and oxygen atoms in total. The average Bonchev–Trinajstić information content (AvgIpc) is 3.22. The first-order valence-corrected chi connectivity index (χ1v) is 8.06. The number of carbonyl (C=O) groups excluding carboxylic acids is 1. The molecule has 0 spiro atoms. The van der Waals surface area contributed by atoms with Crippen LogP contribution in [0.5, 0.6) is 0 Å². The molecule has 0 aromatic carbocycles. The van der Waals surface area contributed by atoms with Crippen LogP contribution in [-0.4, -0.2) is 27.3 Å². The largest absolute Gasteiger partial charge is 0.371 e. The fourth-order valence-electron chi connectivity index (χ4n) is 2.81. The normalized spacial score (nSPS) is 20.7. The average molecular weight is 304 g/mol. The molecule has 1 amide bonds. The van der Waals surface area contributed by atoms with Gasteiger partial charge in [0.25, 0.3) is 5.91 Å². The van der Waals surface area contributed by atoms with Crippen molar-refractivity contribution in [1.29, 1.82) is 0 Å². The van der Waals surface area contributed by atoms with Crippen molar-refractivity contribution >= 4 is 23.1 Å². The molecule has 0 aliphatic carbocycles. The van der Waals surface area contributed by atoms with Crippen LogP contribution in [-0.2, 0) is 17.7 Å². The molecule has 2 aliphatic heterocycles. The lowest BCUT2D eigenvalue weighted by molar-refractivity contribution is 0.103. The highest BCUT2D eigenvalue weighted by Gasteiger charge is 2.23. The van der Waals surface area contributed by atoms with Gasteiger partial charge in [-0.3, -0.25) is 9.48 Å². The topological polar surface area (TPSA) is 69.0 Å². The Labute approximate surface area is 126 Å². The lowest BCUT2D eigenvalue weighted by Crippen LogP contribution is -2.11. The number of thiazole rings is 1. The smallest absolute Gasteiger partial charge is 0.268 e. The van der Waals surface area contributed by atoms with Gasteiger partial charge in [0.2, 0.25) is 0 Å². The van der Waals surface area contributed by atoms with Gasteiger partial charge in [0.1, 0.15) is 16.0 Å². The van der Waals surface area contributed by atoms with Crippen LogP contribution >= 0.6 is 11.3 Å². The number of rotatable bonds is 3. The van der Waals surface area contributed by atoms with E-state index in [4.69, 9.17) is 4.74 Å². The summed E-state index contributed by atoms with van der Waals surface area (Å²) in [4.78, 5) is 17.2. The van der Waals surface area contributed by atoms with Crippen LogP contribution in [0.4, 0.5) is 5.82 Å². The molecule has 0 bridgehead atoms. The van der Waals surface area contributed by atoms with E-state index >= 15 is 0 Å². The summed E-state index contributed by atoms with van der Waals surface area (Å²) in [6.45, 7) is 1.72. The summed E-state index contributed by atoms with van der Waals surface area (Å²) < 4.78 is 7.55. The minimum atomic E-state index is -0.145. The molecule has 1 unspecified atom stereocenters. The number of aromatic nitrogens is 3. The molecule has 1 atom stereocenters. The SMILES string of the molecule is O=C(Nc1cc2n(n1)CCC2)c1cnc(C2CCCO2)s1. The van der Waals surface area contributed by atoms with Crippen LogP contribution < -0.4 is 5.32 Å². The van der Waals surface area contributed by atoms with Crippen LogP contribution in [0.1, 0.15) is 45.7 Å². The van der Waals surface area contributed by atoms with Crippen molar-refractivity contribution in [1.82, 2.24) is 14.8 Å². The van der Waals surface area contributed by atoms with Gasteiger partial charge in [0, 0.05) is 24.9 Å². The molecular weight excluding hydrogens is 288 g/mol. The van der Waals surface area contributed by atoms with Gasteiger partial charge in [-0.15, -0.1) is 11.3 Å². The molecule has 0 radical (unpaired) electrons. The maximum Gasteiger partial charge on any atom is 0.268 e. The minimum absolute atomic E-state index is 0.0629. The Morgan fingerprint density at radius 2 is 2.43 bits per heavy atom. The third-order valence-electron chi connectivity index (χ3n) is 3.86.